The molecule has 1 aliphatic rings. The van der Waals surface area contributed by atoms with Crippen LogP contribution in [0.1, 0.15) is 26.7 Å². The first-order valence-corrected chi connectivity index (χ1v) is 6.11. The number of nitrogens with one attached hydrogen (secondary N) is 2. The Hall–Kier alpha value is -1.30. The molecule has 0 spiro atoms. The number of ether oxygens (including phenoxy) is 1. The molecule has 2 unspecified atom stereocenters. The van der Waals surface area contributed by atoms with Crippen LogP contribution in [-0.2, 0) is 9.53 Å². The summed E-state index contributed by atoms with van der Waals surface area (Å²) < 4.78 is 4.96. The predicted molar refractivity (Wildman–Crippen MR) is 66.3 cm³/mol. The van der Waals surface area contributed by atoms with Gasteiger partial charge in [0, 0.05) is 20.2 Å². The van der Waals surface area contributed by atoms with Crippen LogP contribution in [0.25, 0.3) is 0 Å². The molecule has 2 amide bonds. The summed E-state index contributed by atoms with van der Waals surface area (Å²) in [7, 11) is 1.43. The molecule has 0 radical (unpaired) electrons. The van der Waals surface area contributed by atoms with E-state index in [1.165, 1.54) is 7.11 Å². The van der Waals surface area contributed by atoms with E-state index in [0.29, 0.717) is 17.9 Å². The van der Waals surface area contributed by atoms with Crippen molar-refractivity contribution >= 4 is 12.0 Å². The molecule has 6 nitrogen and oxygen atoms in total. The van der Waals surface area contributed by atoms with E-state index in [9.17, 15) is 9.59 Å². The Morgan fingerprint density at radius 1 is 1.44 bits per heavy atom. The molecule has 2 atom stereocenters. The van der Waals surface area contributed by atoms with Gasteiger partial charge in [-0.25, -0.2) is 4.79 Å². The number of urea groups is 1. The highest BCUT2D eigenvalue weighted by Crippen LogP contribution is 2.50. The summed E-state index contributed by atoms with van der Waals surface area (Å²) in [6.07, 6.45) is 0.519. The van der Waals surface area contributed by atoms with Crippen molar-refractivity contribution in [2.24, 2.45) is 11.3 Å². The summed E-state index contributed by atoms with van der Waals surface area (Å²) in [4.78, 5) is 22.0. The summed E-state index contributed by atoms with van der Waals surface area (Å²) in [5.74, 6) is -0.399. The first-order valence-electron chi connectivity index (χ1n) is 6.11. The summed E-state index contributed by atoms with van der Waals surface area (Å²) >= 11 is 0. The molecule has 0 aromatic rings. The topological polar surface area (TPSA) is 87.7 Å². The van der Waals surface area contributed by atoms with Gasteiger partial charge in [0.15, 0.2) is 0 Å². The molecule has 0 heterocycles. The molecule has 18 heavy (non-hydrogen) atoms. The molecule has 1 aliphatic carbocycles. The monoisotopic (exact) mass is 258 g/mol. The van der Waals surface area contributed by atoms with Crippen molar-refractivity contribution in [3.8, 4) is 0 Å². The molecular formula is C12H22N2O4. The predicted octanol–water partition coefficient (Wildman–Crippen LogP) is 0.821. The molecule has 0 saturated heterocycles. The van der Waals surface area contributed by atoms with Crippen LogP contribution < -0.4 is 10.6 Å². The lowest BCUT2D eigenvalue weighted by molar-refractivity contribution is -0.139. The number of aliphatic carboxylic acids is 1. The van der Waals surface area contributed by atoms with Gasteiger partial charge in [-0.15, -0.1) is 0 Å². The number of hydrogen-bond acceptors (Lipinski definition) is 3. The Labute approximate surface area is 107 Å². The first-order chi connectivity index (χ1) is 8.35. The summed E-state index contributed by atoms with van der Waals surface area (Å²) in [5, 5.41) is 14.0. The highest BCUT2D eigenvalue weighted by atomic mass is 16.5. The SMILES string of the molecule is COC(CNC(=O)NCC1CC1(C)C)CC(=O)O. The standard InChI is InChI=1S/C12H22N2O4/c1-12(2)5-8(12)6-13-11(17)14-7-9(18-3)4-10(15)16/h8-9H,4-7H2,1-3H3,(H,15,16)(H2,13,14,17). The molecule has 0 aliphatic heterocycles. The Morgan fingerprint density at radius 3 is 2.50 bits per heavy atom. The summed E-state index contributed by atoms with van der Waals surface area (Å²) in [6, 6.07) is -0.273. The molecular weight excluding hydrogens is 236 g/mol. The summed E-state index contributed by atoms with van der Waals surface area (Å²) in [5.41, 5.74) is 0.339. The fraction of sp³-hybridized carbons (Fsp3) is 0.833. The van der Waals surface area contributed by atoms with E-state index in [1.807, 2.05) is 0 Å². The van der Waals surface area contributed by atoms with Crippen molar-refractivity contribution in [3.05, 3.63) is 0 Å². The minimum absolute atomic E-state index is 0.119. The van der Waals surface area contributed by atoms with Crippen LogP contribution in [-0.4, -0.2) is 43.4 Å². The molecule has 3 N–H and O–H groups in total. The van der Waals surface area contributed by atoms with Crippen LogP contribution in [0.15, 0.2) is 0 Å². The Kier molecular flexibility index (Phi) is 4.95. The van der Waals surface area contributed by atoms with Gasteiger partial charge in [0.1, 0.15) is 0 Å². The van der Waals surface area contributed by atoms with E-state index >= 15 is 0 Å². The van der Waals surface area contributed by atoms with Gasteiger partial charge >= 0.3 is 12.0 Å². The van der Waals surface area contributed by atoms with Gasteiger partial charge in [-0.3, -0.25) is 4.79 Å². The van der Waals surface area contributed by atoms with E-state index in [1.54, 1.807) is 0 Å². The van der Waals surface area contributed by atoms with Crippen LogP contribution in [0.5, 0.6) is 0 Å². The number of methoxy groups -OCH3 is 1. The number of carboxylic acids is 1. The second kappa shape index (κ2) is 6.04. The Morgan fingerprint density at radius 2 is 2.06 bits per heavy atom. The van der Waals surface area contributed by atoms with E-state index in [2.05, 4.69) is 24.5 Å². The lowest BCUT2D eigenvalue weighted by Gasteiger charge is -2.14. The largest absolute Gasteiger partial charge is 0.481 e. The maximum Gasteiger partial charge on any atom is 0.314 e. The van der Waals surface area contributed by atoms with E-state index in [0.717, 1.165) is 6.42 Å². The van der Waals surface area contributed by atoms with Crippen molar-refractivity contribution < 1.29 is 19.4 Å². The third-order valence-corrected chi connectivity index (χ3v) is 3.45. The Balaban J connectivity index is 2.14. The number of carbonyl (C=O) groups excluding carboxylic acids is 1. The first kappa shape index (κ1) is 14.8. The minimum Gasteiger partial charge on any atom is -0.481 e. The lowest BCUT2D eigenvalue weighted by Crippen LogP contribution is -2.41. The second-order valence-electron chi connectivity index (χ2n) is 5.44. The lowest BCUT2D eigenvalue weighted by atomic mass is 10.1. The smallest absolute Gasteiger partial charge is 0.314 e. The van der Waals surface area contributed by atoms with Crippen molar-refractivity contribution in [2.75, 3.05) is 20.2 Å². The molecule has 0 aromatic carbocycles. The summed E-state index contributed by atoms with van der Waals surface area (Å²) in [6.45, 7) is 5.20. The van der Waals surface area contributed by atoms with Crippen LogP contribution >= 0.6 is 0 Å². The molecule has 6 heteroatoms. The fourth-order valence-corrected chi connectivity index (χ4v) is 1.84. The minimum atomic E-state index is -0.941. The van der Waals surface area contributed by atoms with Gasteiger partial charge in [0.05, 0.1) is 12.5 Å². The van der Waals surface area contributed by atoms with Gasteiger partial charge in [0.25, 0.3) is 0 Å². The van der Waals surface area contributed by atoms with E-state index < -0.39 is 12.1 Å². The maximum atomic E-state index is 11.5. The highest BCUT2D eigenvalue weighted by Gasteiger charge is 2.45. The fourth-order valence-electron chi connectivity index (χ4n) is 1.84. The zero-order valence-corrected chi connectivity index (χ0v) is 11.2. The number of carboxylic acid groups (broad SMARTS) is 1. The molecule has 104 valence electrons. The van der Waals surface area contributed by atoms with Crippen LogP contribution in [0.4, 0.5) is 4.79 Å². The average molecular weight is 258 g/mol. The van der Waals surface area contributed by atoms with Gasteiger partial charge < -0.3 is 20.5 Å². The van der Waals surface area contributed by atoms with Gasteiger partial charge in [-0.2, -0.15) is 0 Å². The number of hydrogen-bond donors (Lipinski definition) is 3. The van der Waals surface area contributed by atoms with Crippen molar-refractivity contribution in [1.82, 2.24) is 10.6 Å². The molecule has 0 aromatic heterocycles. The highest BCUT2D eigenvalue weighted by molar-refractivity contribution is 5.74. The zero-order valence-electron chi connectivity index (χ0n) is 11.2. The van der Waals surface area contributed by atoms with Crippen molar-refractivity contribution in [1.29, 1.82) is 0 Å². The second-order valence-corrected chi connectivity index (χ2v) is 5.44. The van der Waals surface area contributed by atoms with E-state index in [-0.39, 0.29) is 19.0 Å². The van der Waals surface area contributed by atoms with Gasteiger partial charge in [0.2, 0.25) is 0 Å². The molecule has 0 bridgehead atoms. The molecule has 1 saturated carbocycles. The number of carbonyl (C=O) groups is 2. The quantitative estimate of drug-likeness (QED) is 0.631. The maximum absolute atomic E-state index is 11.5. The Bertz CT molecular complexity index is 317. The third kappa shape index (κ3) is 4.91. The average Bonchev–Trinajstić information content (AvgIpc) is 2.89. The van der Waals surface area contributed by atoms with Crippen LogP contribution in [0, 0.1) is 11.3 Å². The van der Waals surface area contributed by atoms with Crippen LogP contribution in [0.2, 0.25) is 0 Å². The van der Waals surface area contributed by atoms with E-state index in [4.69, 9.17) is 9.84 Å². The zero-order chi connectivity index (χ0) is 13.8. The van der Waals surface area contributed by atoms with Crippen molar-refractivity contribution in [3.63, 3.8) is 0 Å². The van der Waals surface area contributed by atoms with Crippen LogP contribution in [0.3, 0.4) is 0 Å². The van der Waals surface area contributed by atoms with Crippen molar-refractivity contribution in [2.45, 2.75) is 32.8 Å². The third-order valence-electron chi connectivity index (χ3n) is 3.45. The molecule has 1 rings (SSSR count). The number of rotatable bonds is 7. The normalized spacial score (nSPS) is 22.1. The van der Waals surface area contributed by atoms with Gasteiger partial charge in [-0.1, -0.05) is 13.8 Å². The molecule has 1 fully saturated rings. The van der Waals surface area contributed by atoms with Gasteiger partial charge in [-0.05, 0) is 17.8 Å². The number of amides is 2.